The number of para-hydroxylation sites is 1. The van der Waals surface area contributed by atoms with Crippen molar-refractivity contribution < 1.29 is 19.1 Å². The van der Waals surface area contributed by atoms with Gasteiger partial charge < -0.3 is 14.4 Å². The quantitative estimate of drug-likeness (QED) is 0.683. The highest BCUT2D eigenvalue weighted by atomic mass is 16.5. The molecular formula is C18H29NO4. The topological polar surface area (TPSA) is 55.8 Å². The van der Waals surface area contributed by atoms with Crippen molar-refractivity contribution in [3.05, 3.63) is 29.8 Å². The highest BCUT2D eigenvalue weighted by Crippen LogP contribution is 2.20. The van der Waals surface area contributed by atoms with Crippen LogP contribution in [0, 0.1) is 0 Å². The molecule has 23 heavy (non-hydrogen) atoms. The van der Waals surface area contributed by atoms with Crippen molar-refractivity contribution in [1.29, 1.82) is 0 Å². The molecule has 0 spiro atoms. The lowest BCUT2D eigenvalue weighted by Gasteiger charge is -2.21. The van der Waals surface area contributed by atoms with Gasteiger partial charge in [0.25, 0.3) is 0 Å². The van der Waals surface area contributed by atoms with E-state index in [0.29, 0.717) is 38.2 Å². The van der Waals surface area contributed by atoms with Gasteiger partial charge in [-0.25, -0.2) is 4.79 Å². The second-order valence-corrected chi connectivity index (χ2v) is 4.57. The zero-order valence-corrected chi connectivity index (χ0v) is 14.9. The van der Waals surface area contributed by atoms with E-state index in [4.69, 9.17) is 9.47 Å². The Balaban J connectivity index is 0.00000232. The normalized spacial score (nSPS) is 9.43. The second-order valence-electron chi connectivity index (χ2n) is 4.57. The summed E-state index contributed by atoms with van der Waals surface area (Å²) in [5.74, 6) is -0.519. The number of hydrogen-bond donors (Lipinski definition) is 0. The molecule has 130 valence electrons. The Kier molecular flexibility index (Phi) is 11.4. The van der Waals surface area contributed by atoms with Crippen molar-refractivity contribution in [3.8, 4) is 0 Å². The number of hydrogen-bond acceptors (Lipinski definition) is 5. The van der Waals surface area contributed by atoms with Crippen LogP contribution in [0.25, 0.3) is 0 Å². The van der Waals surface area contributed by atoms with E-state index in [1.54, 1.807) is 19.9 Å². The van der Waals surface area contributed by atoms with Crippen molar-refractivity contribution in [2.24, 2.45) is 0 Å². The maximum atomic E-state index is 11.9. The van der Waals surface area contributed by atoms with Gasteiger partial charge >= 0.3 is 11.9 Å². The molecule has 1 aromatic rings. The number of carbonyl (C=O) groups is 2. The Labute approximate surface area is 139 Å². The molecule has 0 fully saturated rings. The fourth-order valence-corrected chi connectivity index (χ4v) is 2.00. The van der Waals surface area contributed by atoms with Crippen LogP contribution in [0.4, 0.5) is 5.69 Å². The predicted octanol–water partition coefficient (Wildman–Crippen LogP) is 3.67. The summed E-state index contributed by atoms with van der Waals surface area (Å²) in [5, 5.41) is 0. The molecule has 5 heteroatoms. The average molecular weight is 323 g/mol. The molecular weight excluding hydrogens is 294 g/mol. The van der Waals surface area contributed by atoms with Gasteiger partial charge in [-0.15, -0.1) is 0 Å². The van der Waals surface area contributed by atoms with Gasteiger partial charge in [0, 0.05) is 20.0 Å². The first kappa shape index (κ1) is 21.0. The van der Waals surface area contributed by atoms with Gasteiger partial charge in [0.2, 0.25) is 0 Å². The SMILES string of the molecule is CC.CCOC(=O)CCCN(C)c1ccccc1C(=O)OCC. The van der Waals surface area contributed by atoms with Crippen LogP contribution in [-0.2, 0) is 14.3 Å². The summed E-state index contributed by atoms with van der Waals surface area (Å²) in [6.45, 7) is 8.98. The molecule has 0 unspecified atom stereocenters. The highest BCUT2D eigenvalue weighted by Gasteiger charge is 2.14. The third kappa shape index (κ3) is 7.68. The standard InChI is InChI=1S/C16H23NO4.C2H6/c1-4-20-15(18)11-8-12-17(3)14-10-7-6-9-13(14)16(19)21-5-2;1-2/h6-7,9-10H,4-5,8,11-12H2,1-3H3;1-2H3. The minimum atomic E-state index is -0.328. The van der Waals surface area contributed by atoms with Crippen LogP contribution in [-0.4, -0.2) is 38.7 Å². The van der Waals surface area contributed by atoms with E-state index in [-0.39, 0.29) is 11.9 Å². The number of nitrogens with zero attached hydrogens (tertiary/aromatic N) is 1. The first-order valence-electron chi connectivity index (χ1n) is 8.23. The number of carbonyl (C=O) groups excluding carboxylic acids is 2. The average Bonchev–Trinajstić information content (AvgIpc) is 2.57. The first-order valence-corrected chi connectivity index (χ1v) is 8.23. The lowest BCUT2D eigenvalue weighted by atomic mass is 10.1. The molecule has 0 radical (unpaired) electrons. The van der Waals surface area contributed by atoms with Crippen molar-refractivity contribution in [2.75, 3.05) is 31.7 Å². The fraction of sp³-hybridized carbons (Fsp3) is 0.556. The summed E-state index contributed by atoms with van der Waals surface area (Å²) in [5.41, 5.74) is 1.35. The van der Waals surface area contributed by atoms with E-state index >= 15 is 0 Å². The van der Waals surface area contributed by atoms with E-state index in [1.165, 1.54) is 0 Å². The largest absolute Gasteiger partial charge is 0.466 e. The molecule has 0 heterocycles. The molecule has 0 aliphatic rings. The summed E-state index contributed by atoms with van der Waals surface area (Å²) >= 11 is 0. The van der Waals surface area contributed by atoms with Crippen LogP contribution in [0.2, 0.25) is 0 Å². The number of ether oxygens (including phenoxy) is 2. The summed E-state index contributed by atoms with van der Waals surface area (Å²) in [7, 11) is 1.89. The number of benzene rings is 1. The van der Waals surface area contributed by atoms with E-state index in [1.807, 2.05) is 44.0 Å². The van der Waals surface area contributed by atoms with Gasteiger partial charge in [-0.2, -0.15) is 0 Å². The summed E-state index contributed by atoms with van der Waals surface area (Å²) in [4.78, 5) is 25.2. The molecule has 1 aromatic carbocycles. The van der Waals surface area contributed by atoms with Gasteiger partial charge in [-0.1, -0.05) is 26.0 Å². The summed E-state index contributed by atoms with van der Waals surface area (Å²) in [6.07, 6.45) is 1.05. The van der Waals surface area contributed by atoms with Gasteiger partial charge in [-0.3, -0.25) is 4.79 Å². The number of rotatable bonds is 8. The first-order chi connectivity index (χ1) is 11.1. The van der Waals surface area contributed by atoms with Crippen LogP contribution in [0.3, 0.4) is 0 Å². The van der Waals surface area contributed by atoms with Crippen LogP contribution in [0.1, 0.15) is 50.9 Å². The summed E-state index contributed by atoms with van der Waals surface area (Å²) < 4.78 is 9.95. The molecule has 0 atom stereocenters. The van der Waals surface area contributed by atoms with Crippen LogP contribution in [0.5, 0.6) is 0 Å². The molecule has 1 rings (SSSR count). The molecule has 0 aliphatic carbocycles. The predicted molar refractivity (Wildman–Crippen MR) is 92.9 cm³/mol. The Morgan fingerprint density at radius 2 is 1.65 bits per heavy atom. The van der Waals surface area contributed by atoms with Crippen LogP contribution < -0.4 is 4.90 Å². The Hall–Kier alpha value is -2.04. The van der Waals surface area contributed by atoms with Gasteiger partial charge in [0.05, 0.1) is 24.5 Å². The van der Waals surface area contributed by atoms with E-state index in [2.05, 4.69) is 0 Å². The lowest BCUT2D eigenvalue weighted by Crippen LogP contribution is -2.22. The molecule has 0 aliphatic heterocycles. The maximum absolute atomic E-state index is 11.9. The Morgan fingerprint density at radius 3 is 2.26 bits per heavy atom. The highest BCUT2D eigenvalue weighted by molar-refractivity contribution is 5.95. The smallest absolute Gasteiger partial charge is 0.340 e. The van der Waals surface area contributed by atoms with Gasteiger partial charge in [0.1, 0.15) is 0 Å². The van der Waals surface area contributed by atoms with Crippen LogP contribution in [0.15, 0.2) is 24.3 Å². The summed E-state index contributed by atoms with van der Waals surface area (Å²) in [6, 6.07) is 7.30. The van der Waals surface area contributed by atoms with Crippen molar-refractivity contribution in [3.63, 3.8) is 0 Å². The van der Waals surface area contributed by atoms with E-state index < -0.39 is 0 Å². The van der Waals surface area contributed by atoms with E-state index in [9.17, 15) is 9.59 Å². The van der Waals surface area contributed by atoms with Crippen LogP contribution >= 0.6 is 0 Å². The van der Waals surface area contributed by atoms with Crippen molar-refractivity contribution in [1.82, 2.24) is 0 Å². The zero-order chi connectivity index (χ0) is 17.7. The number of anilines is 1. The Morgan fingerprint density at radius 1 is 1.04 bits per heavy atom. The van der Waals surface area contributed by atoms with Gasteiger partial charge in [-0.05, 0) is 32.4 Å². The monoisotopic (exact) mass is 323 g/mol. The molecule has 0 saturated heterocycles. The molecule has 0 amide bonds. The van der Waals surface area contributed by atoms with E-state index in [0.717, 1.165) is 5.69 Å². The molecule has 5 nitrogen and oxygen atoms in total. The van der Waals surface area contributed by atoms with Crippen molar-refractivity contribution in [2.45, 2.75) is 40.5 Å². The molecule has 0 N–H and O–H groups in total. The second kappa shape index (κ2) is 12.5. The molecule has 0 saturated carbocycles. The minimum absolute atomic E-state index is 0.190. The lowest BCUT2D eigenvalue weighted by molar-refractivity contribution is -0.143. The number of esters is 2. The van der Waals surface area contributed by atoms with Crippen molar-refractivity contribution >= 4 is 17.6 Å². The molecule has 0 aromatic heterocycles. The maximum Gasteiger partial charge on any atom is 0.340 e. The third-order valence-corrected chi connectivity index (χ3v) is 2.99. The third-order valence-electron chi connectivity index (χ3n) is 2.99. The minimum Gasteiger partial charge on any atom is -0.466 e. The zero-order valence-electron chi connectivity index (χ0n) is 14.9. The molecule has 0 bridgehead atoms. The Bertz CT molecular complexity index is 474. The fourth-order valence-electron chi connectivity index (χ4n) is 2.00. The van der Waals surface area contributed by atoms with Gasteiger partial charge in [0.15, 0.2) is 0 Å².